The average Bonchev–Trinajstić information content (AvgIpc) is 2.19. The lowest BCUT2D eigenvalue weighted by Crippen LogP contribution is -2.39. The summed E-state index contributed by atoms with van der Waals surface area (Å²) >= 11 is 0. The van der Waals surface area contributed by atoms with Gasteiger partial charge < -0.3 is 10.4 Å². The number of anilines is 1. The van der Waals surface area contributed by atoms with Gasteiger partial charge in [-0.1, -0.05) is 0 Å². The second-order valence-electron chi connectivity index (χ2n) is 3.89. The quantitative estimate of drug-likeness (QED) is 0.804. The molecule has 1 aromatic carbocycles. The van der Waals surface area contributed by atoms with Gasteiger partial charge in [-0.2, -0.15) is 5.26 Å². The van der Waals surface area contributed by atoms with E-state index in [2.05, 4.69) is 5.32 Å². The minimum absolute atomic E-state index is 0.0470. The molecule has 2 N–H and O–H groups in total. The Morgan fingerprint density at radius 2 is 1.88 bits per heavy atom. The second-order valence-corrected chi connectivity index (χ2v) is 3.89. The predicted molar refractivity (Wildman–Crippen MR) is 53.7 cm³/mol. The zero-order chi connectivity index (χ0) is 11.7. The number of nitrogens with one attached hydrogen (secondary N) is 1. The lowest BCUT2D eigenvalue weighted by Gasteiger charge is -2.32. The summed E-state index contributed by atoms with van der Waals surface area (Å²) in [6.45, 7) is 0. The lowest BCUT2D eigenvalue weighted by atomic mass is 9.89. The van der Waals surface area contributed by atoms with Crippen molar-refractivity contribution < 1.29 is 13.9 Å². The molecule has 0 aromatic heterocycles. The van der Waals surface area contributed by atoms with E-state index >= 15 is 0 Å². The number of nitrogens with zero attached hydrogens (tertiary/aromatic N) is 1. The maximum atomic E-state index is 13.4. The molecule has 0 aliphatic heterocycles. The van der Waals surface area contributed by atoms with E-state index in [1.807, 2.05) is 0 Å². The molecule has 84 valence electrons. The molecule has 16 heavy (non-hydrogen) atoms. The summed E-state index contributed by atoms with van der Waals surface area (Å²) in [5.74, 6) is -1.56. The van der Waals surface area contributed by atoms with Crippen LogP contribution < -0.4 is 5.32 Å². The summed E-state index contributed by atoms with van der Waals surface area (Å²) in [4.78, 5) is 0. The Labute approximate surface area is 91.3 Å². The lowest BCUT2D eigenvalue weighted by molar-refractivity contribution is 0.0834. The van der Waals surface area contributed by atoms with Gasteiger partial charge in [-0.3, -0.25) is 0 Å². The van der Waals surface area contributed by atoms with Crippen LogP contribution in [0.2, 0.25) is 0 Å². The topological polar surface area (TPSA) is 56.0 Å². The van der Waals surface area contributed by atoms with E-state index in [1.54, 1.807) is 6.07 Å². The molecule has 0 spiro atoms. The fourth-order valence-electron chi connectivity index (χ4n) is 1.69. The molecule has 1 fully saturated rings. The van der Waals surface area contributed by atoms with Gasteiger partial charge in [0.1, 0.15) is 5.69 Å². The Balaban J connectivity index is 2.18. The number of rotatable bonds is 2. The Morgan fingerprint density at radius 1 is 1.31 bits per heavy atom. The number of hydrogen-bond acceptors (Lipinski definition) is 3. The SMILES string of the molecule is N#Cc1cc(F)c(NC2CC(O)C2)c(F)c1. The van der Waals surface area contributed by atoms with Gasteiger partial charge in [0.25, 0.3) is 0 Å². The highest BCUT2D eigenvalue weighted by Crippen LogP contribution is 2.27. The van der Waals surface area contributed by atoms with Gasteiger partial charge >= 0.3 is 0 Å². The molecule has 5 heteroatoms. The Bertz CT molecular complexity index is 427. The summed E-state index contributed by atoms with van der Waals surface area (Å²) in [5.41, 5.74) is -0.273. The first-order chi connectivity index (χ1) is 7.60. The molecule has 1 aromatic rings. The first-order valence-electron chi connectivity index (χ1n) is 4.94. The van der Waals surface area contributed by atoms with Gasteiger partial charge in [0, 0.05) is 6.04 Å². The predicted octanol–water partition coefficient (Wildman–Crippen LogP) is 1.77. The van der Waals surface area contributed by atoms with Crippen molar-refractivity contribution in [2.24, 2.45) is 0 Å². The summed E-state index contributed by atoms with van der Waals surface area (Å²) in [6, 6.07) is 3.54. The van der Waals surface area contributed by atoms with Crippen LogP contribution in [0.4, 0.5) is 14.5 Å². The fourth-order valence-corrected chi connectivity index (χ4v) is 1.69. The molecule has 0 unspecified atom stereocenters. The number of hydrogen-bond donors (Lipinski definition) is 2. The van der Waals surface area contributed by atoms with Crippen LogP contribution in [0.25, 0.3) is 0 Å². The largest absolute Gasteiger partial charge is 0.393 e. The van der Waals surface area contributed by atoms with E-state index in [1.165, 1.54) is 0 Å². The number of aliphatic hydroxyl groups excluding tert-OH is 1. The third kappa shape index (κ3) is 1.97. The van der Waals surface area contributed by atoms with Crippen LogP contribution >= 0.6 is 0 Å². The van der Waals surface area contributed by atoms with Gasteiger partial charge in [0.05, 0.1) is 17.7 Å². The maximum absolute atomic E-state index is 13.4. The van der Waals surface area contributed by atoms with Crippen LogP contribution in [0.3, 0.4) is 0 Å². The number of nitriles is 1. The van der Waals surface area contributed by atoms with E-state index in [0.717, 1.165) is 12.1 Å². The Kier molecular flexibility index (Phi) is 2.75. The highest BCUT2D eigenvalue weighted by atomic mass is 19.1. The zero-order valence-corrected chi connectivity index (χ0v) is 8.37. The van der Waals surface area contributed by atoms with Crippen molar-refractivity contribution in [2.75, 3.05) is 5.32 Å². The van der Waals surface area contributed by atoms with Crippen LogP contribution in [0.5, 0.6) is 0 Å². The van der Waals surface area contributed by atoms with Crippen LogP contribution in [0.1, 0.15) is 18.4 Å². The minimum Gasteiger partial charge on any atom is -0.393 e. The summed E-state index contributed by atoms with van der Waals surface area (Å²) in [5, 5.41) is 20.2. The molecule has 0 atom stereocenters. The highest BCUT2D eigenvalue weighted by molar-refractivity contribution is 5.51. The molecule has 1 aliphatic carbocycles. The first kappa shape index (κ1) is 10.8. The van der Waals surface area contributed by atoms with Crippen molar-refractivity contribution in [3.8, 4) is 6.07 Å². The monoisotopic (exact) mass is 224 g/mol. The number of halogens is 2. The summed E-state index contributed by atoms with van der Waals surface area (Å²) in [7, 11) is 0. The molecular formula is C11H10F2N2O. The van der Waals surface area contributed by atoms with Crippen molar-refractivity contribution in [1.82, 2.24) is 0 Å². The zero-order valence-electron chi connectivity index (χ0n) is 8.37. The molecule has 0 heterocycles. The molecule has 0 saturated heterocycles. The second kappa shape index (κ2) is 4.06. The molecular weight excluding hydrogens is 214 g/mol. The van der Waals surface area contributed by atoms with E-state index in [4.69, 9.17) is 10.4 Å². The molecule has 1 aliphatic rings. The maximum Gasteiger partial charge on any atom is 0.150 e. The van der Waals surface area contributed by atoms with Crippen LogP contribution in [-0.4, -0.2) is 17.3 Å². The first-order valence-corrected chi connectivity index (χ1v) is 4.94. The van der Waals surface area contributed by atoms with Crippen LogP contribution in [0.15, 0.2) is 12.1 Å². The Hall–Kier alpha value is -1.67. The van der Waals surface area contributed by atoms with E-state index in [9.17, 15) is 8.78 Å². The normalized spacial score (nSPS) is 23.4. The third-order valence-electron chi connectivity index (χ3n) is 2.63. The summed E-state index contributed by atoms with van der Waals surface area (Å²) < 4.78 is 26.8. The molecule has 0 radical (unpaired) electrons. The van der Waals surface area contributed by atoms with E-state index in [-0.39, 0.29) is 23.4 Å². The van der Waals surface area contributed by atoms with Gasteiger partial charge in [0.2, 0.25) is 0 Å². The molecule has 3 nitrogen and oxygen atoms in total. The van der Waals surface area contributed by atoms with Crippen molar-refractivity contribution in [3.63, 3.8) is 0 Å². The molecule has 1 saturated carbocycles. The molecule has 0 amide bonds. The third-order valence-corrected chi connectivity index (χ3v) is 2.63. The average molecular weight is 224 g/mol. The smallest absolute Gasteiger partial charge is 0.150 e. The highest BCUT2D eigenvalue weighted by Gasteiger charge is 2.28. The van der Waals surface area contributed by atoms with E-state index in [0.29, 0.717) is 12.8 Å². The van der Waals surface area contributed by atoms with E-state index < -0.39 is 11.6 Å². The standard InChI is InChI=1S/C11H10F2N2O/c12-9-1-6(5-14)2-10(13)11(9)15-7-3-8(16)4-7/h1-2,7-8,15-16H,3-4H2. The van der Waals surface area contributed by atoms with Crippen LogP contribution in [0, 0.1) is 23.0 Å². The number of benzene rings is 1. The van der Waals surface area contributed by atoms with Crippen LogP contribution in [-0.2, 0) is 0 Å². The van der Waals surface area contributed by atoms with Crippen molar-refractivity contribution in [1.29, 1.82) is 5.26 Å². The number of aliphatic hydroxyl groups is 1. The van der Waals surface area contributed by atoms with Gasteiger partial charge in [-0.05, 0) is 25.0 Å². The van der Waals surface area contributed by atoms with Crippen molar-refractivity contribution in [3.05, 3.63) is 29.3 Å². The van der Waals surface area contributed by atoms with Crippen molar-refractivity contribution >= 4 is 5.69 Å². The molecule has 0 bridgehead atoms. The Morgan fingerprint density at radius 3 is 2.31 bits per heavy atom. The van der Waals surface area contributed by atoms with Crippen molar-refractivity contribution in [2.45, 2.75) is 25.0 Å². The van der Waals surface area contributed by atoms with Gasteiger partial charge in [-0.15, -0.1) is 0 Å². The molecule has 2 rings (SSSR count). The van der Waals surface area contributed by atoms with Gasteiger partial charge in [-0.25, -0.2) is 8.78 Å². The fraction of sp³-hybridized carbons (Fsp3) is 0.364. The minimum atomic E-state index is -0.780. The summed E-state index contributed by atoms with van der Waals surface area (Å²) in [6.07, 6.45) is 0.583. The van der Waals surface area contributed by atoms with Gasteiger partial charge in [0.15, 0.2) is 11.6 Å².